The van der Waals surface area contributed by atoms with Crippen molar-refractivity contribution in [1.82, 2.24) is 20.0 Å². The van der Waals surface area contributed by atoms with Gasteiger partial charge in [0.2, 0.25) is 11.8 Å². The summed E-state index contributed by atoms with van der Waals surface area (Å²) in [5.41, 5.74) is 1.18. The Balaban J connectivity index is 1.56. The quantitative estimate of drug-likeness (QED) is 0.411. The van der Waals surface area contributed by atoms with E-state index in [9.17, 15) is 19.2 Å². The summed E-state index contributed by atoms with van der Waals surface area (Å²) in [7, 11) is 3.06. The van der Waals surface area contributed by atoms with Crippen LogP contribution in [0.1, 0.15) is 22.3 Å². The lowest BCUT2D eigenvalue weighted by molar-refractivity contribution is -0.141. The van der Waals surface area contributed by atoms with Crippen LogP contribution in [0.15, 0.2) is 54.6 Å². The zero-order valence-electron chi connectivity index (χ0n) is 21.3. The molecule has 2 aliphatic heterocycles. The lowest BCUT2D eigenvalue weighted by Gasteiger charge is -2.30. The molecule has 38 heavy (non-hydrogen) atoms. The summed E-state index contributed by atoms with van der Waals surface area (Å²) in [5, 5.41) is 2.59. The minimum atomic E-state index is -1.12. The molecule has 0 unspecified atom stereocenters. The van der Waals surface area contributed by atoms with E-state index in [2.05, 4.69) is 27.9 Å². The number of alkyl carbamates (subject to hydrolysis) is 1. The maximum Gasteiger partial charge on any atom is 0.408 e. The van der Waals surface area contributed by atoms with Crippen molar-refractivity contribution in [2.45, 2.75) is 29.0 Å². The fourth-order valence-electron chi connectivity index (χ4n) is 4.54. The smallest absolute Gasteiger partial charge is 0.408 e. The summed E-state index contributed by atoms with van der Waals surface area (Å²) in [4.78, 5) is 56.9. The number of ether oxygens (including phenoxy) is 2. The molecule has 1 saturated heterocycles. The summed E-state index contributed by atoms with van der Waals surface area (Å²) < 4.78 is 11.6. The number of nitrogens with one attached hydrogen (secondary N) is 1. The molecule has 3 atom stereocenters. The molecule has 2 bridgehead atoms. The molecule has 11 heteroatoms. The molecule has 4 rings (SSSR count). The molecular formula is C27H31IN4O6. The molecule has 0 aromatic heterocycles. The first-order valence-electron chi connectivity index (χ1n) is 12.4. The molecule has 2 heterocycles. The first-order valence-corrected chi connectivity index (χ1v) is 13.6. The van der Waals surface area contributed by atoms with Gasteiger partial charge in [0.25, 0.3) is 5.91 Å². The van der Waals surface area contributed by atoms with Crippen molar-refractivity contribution < 1.29 is 28.7 Å². The Morgan fingerprint density at radius 3 is 2.58 bits per heavy atom. The molecular weight excluding hydrogens is 603 g/mol. The van der Waals surface area contributed by atoms with Crippen LogP contribution in [0.2, 0.25) is 0 Å². The fraction of sp³-hybridized carbons (Fsp3) is 0.407. The Morgan fingerprint density at radius 2 is 1.82 bits per heavy atom. The van der Waals surface area contributed by atoms with E-state index in [1.54, 1.807) is 36.2 Å². The maximum absolute atomic E-state index is 13.4. The third-order valence-electron chi connectivity index (χ3n) is 6.56. The predicted octanol–water partition coefficient (Wildman–Crippen LogP) is 2.31. The lowest BCUT2D eigenvalue weighted by Crippen LogP contribution is -2.55. The average Bonchev–Trinajstić information content (AvgIpc) is 3.30. The summed E-state index contributed by atoms with van der Waals surface area (Å²) >= 11 is 2.32. The Labute approximate surface area is 235 Å². The van der Waals surface area contributed by atoms with E-state index in [4.69, 9.17) is 9.47 Å². The van der Waals surface area contributed by atoms with E-state index >= 15 is 0 Å². The van der Waals surface area contributed by atoms with Gasteiger partial charge in [-0.25, -0.2) is 4.79 Å². The van der Waals surface area contributed by atoms with Crippen molar-refractivity contribution in [3.63, 3.8) is 0 Å². The summed E-state index contributed by atoms with van der Waals surface area (Å²) in [6.07, 6.45) is -0.0311. The zero-order chi connectivity index (χ0) is 27.2. The first-order chi connectivity index (χ1) is 18.2. The third kappa shape index (κ3) is 6.94. The molecule has 2 aliphatic rings. The number of halogens is 1. The van der Waals surface area contributed by atoms with Gasteiger partial charge >= 0.3 is 6.09 Å². The second kappa shape index (κ2) is 12.5. The van der Waals surface area contributed by atoms with E-state index in [1.165, 1.54) is 16.8 Å². The molecule has 0 saturated carbocycles. The summed E-state index contributed by atoms with van der Waals surface area (Å²) in [6.45, 7) is 0.584. The number of hydrogen-bond acceptors (Lipinski definition) is 6. The van der Waals surface area contributed by atoms with Crippen molar-refractivity contribution in [2.24, 2.45) is 0 Å². The van der Waals surface area contributed by atoms with Crippen LogP contribution in [-0.4, -0.2) is 94.9 Å². The van der Waals surface area contributed by atoms with Crippen LogP contribution in [0.25, 0.3) is 0 Å². The Bertz CT molecular complexity index is 1180. The molecule has 0 spiro atoms. The normalized spacial score (nSPS) is 22.8. The number of likely N-dealkylation sites (N-methyl/N-ethyl adjacent to an activating group) is 2. The minimum Gasteiger partial charge on any atom is -0.491 e. The van der Waals surface area contributed by atoms with E-state index in [0.717, 1.165) is 12.0 Å². The number of alkyl halides is 1. The van der Waals surface area contributed by atoms with E-state index in [0.29, 0.717) is 17.9 Å². The highest BCUT2D eigenvalue weighted by atomic mass is 127. The monoisotopic (exact) mass is 634 g/mol. The second-order valence-electron chi connectivity index (χ2n) is 9.51. The average molecular weight is 634 g/mol. The van der Waals surface area contributed by atoms with Gasteiger partial charge in [-0.2, -0.15) is 0 Å². The number of benzene rings is 2. The van der Waals surface area contributed by atoms with Crippen LogP contribution < -0.4 is 10.1 Å². The Morgan fingerprint density at radius 1 is 1.05 bits per heavy atom. The first kappa shape index (κ1) is 27.7. The van der Waals surface area contributed by atoms with Gasteiger partial charge < -0.3 is 29.5 Å². The van der Waals surface area contributed by atoms with Crippen LogP contribution >= 0.6 is 22.6 Å². The van der Waals surface area contributed by atoms with Crippen molar-refractivity contribution in [1.29, 1.82) is 0 Å². The lowest BCUT2D eigenvalue weighted by atomic mass is 10.1. The number of amides is 4. The van der Waals surface area contributed by atoms with Crippen LogP contribution in [0.3, 0.4) is 0 Å². The van der Waals surface area contributed by atoms with Crippen molar-refractivity contribution in [3.8, 4) is 5.75 Å². The molecule has 2 aromatic carbocycles. The molecule has 1 N–H and O–H groups in total. The van der Waals surface area contributed by atoms with Gasteiger partial charge in [-0.1, -0.05) is 59.0 Å². The van der Waals surface area contributed by atoms with Crippen LogP contribution in [0.5, 0.6) is 5.75 Å². The molecule has 0 radical (unpaired) electrons. The number of nitrogens with zero attached hydrogens (tertiary/aromatic N) is 3. The van der Waals surface area contributed by atoms with Gasteiger partial charge in [0.1, 0.15) is 25.0 Å². The highest BCUT2D eigenvalue weighted by Gasteiger charge is 2.36. The van der Waals surface area contributed by atoms with Gasteiger partial charge in [-0.15, -0.1) is 0 Å². The molecule has 10 nitrogen and oxygen atoms in total. The van der Waals surface area contributed by atoms with Crippen LogP contribution in [0, 0.1) is 0 Å². The Hall–Kier alpha value is -3.35. The van der Waals surface area contributed by atoms with Gasteiger partial charge in [0, 0.05) is 30.1 Å². The Kier molecular flexibility index (Phi) is 9.08. The topological polar surface area (TPSA) is 108 Å². The standard InChI is InChI=1S/C27H31IN4O6/c1-30-14-23(29-27(36)38-16-18-7-4-3-5-8-18)26(35)31(2)15-24(33)32-13-20(28)12-21(32)17-37-22-10-6-9-19(11-22)25(30)34/h3-11,20-21,23H,12-17H2,1-2H3,(H,29,36)/t20-,21-,23-/m0/s1. The number of carbonyl (C=O) groups excluding carboxylic acids is 4. The van der Waals surface area contributed by atoms with E-state index in [-0.39, 0.29) is 48.1 Å². The molecule has 0 aliphatic carbocycles. The maximum atomic E-state index is 13.4. The highest BCUT2D eigenvalue weighted by Crippen LogP contribution is 2.26. The van der Waals surface area contributed by atoms with Gasteiger partial charge in [0.05, 0.1) is 19.1 Å². The van der Waals surface area contributed by atoms with Crippen molar-refractivity contribution in [3.05, 3.63) is 65.7 Å². The number of fused-ring (bicyclic) bond motifs is 3. The summed E-state index contributed by atoms with van der Waals surface area (Å²) in [6, 6.07) is 14.7. The number of hydrogen-bond donors (Lipinski definition) is 1. The molecule has 202 valence electrons. The molecule has 1 fully saturated rings. The van der Waals surface area contributed by atoms with Gasteiger partial charge in [-0.05, 0) is 30.2 Å². The van der Waals surface area contributed by atoms with E-state index < -0.39 is 18.0 Å². The molecule has 4 amide bonds. The zero-order valence-corrected chi connectivity index (χ0v) is 23.5. The van der Waals surface area contributed by atoms with E-state index in [1.807, 2.05) is 30.3 Å². The van der Waals surface area contributed by atoms with Gasteiger partial charge in [-0.3, -0.25) is 14.4 Å². The molecule has 2 aromatic rings. The van der Waals surface area contributed by atoms with Crippen LogP contribution in [0.4, 0.5) is 4.79 Å². The predicted molar refractivity (Wildman–Crippen MR) is 148 cm³/mol. The third-order valence-corrected chi connectivity index (χ3v) is 7.46. The van der Waals surface area contributed by atoms with Crippen molar-refractivity contribution >= 4 is 46.4 Å². The number of rotatable bonds is 3. The largest absolute Gasteiger partial charge is 0.491 e. The highest BCUT2D eigenvalue weighted by molar-refractivity contribution is 14.1. The van der Waals surface area contributed by atoms with Crippen molar-refractivity contribution in [2.75, 3.05) is 40.3 Å². The number of carbonyl (C=O) groups is 4. The second-order valence-corrected chi connectivity index (χ2v) is 11.3. The SMILES string of the molecule is CN1C[C@H](NC(=O)OCc2ccccc2)C(=O)N(C)CC(=O)N2C[C@@H](I)C[C@H]2COc2cccc(c2)C1=O. The van der Waals surface area contributed by atoms with Gasteiger partial charge in [0.15, 0.2) is 0 Å². The van der Waals surface area contributed by atoms with Crippen LogP contribution in [-0.2, 0) is 20.9 Å². The summed E-state index contributed by atoms with van der Waals surface area (Å²) in [5.74, 6) is -0.518. The minimum absolute atomic E-state index is 0.0251. The fourth-order valence-corrected chi connectivity index (χ4v) is 5.55.